The van der Waals surface area contributed by atoms with Crippen LogP contribution in [0.25, 0.3) is 0 Å². The van der Waals surface area contributed by atoms with Gasteiger partial charge < -0.3 is 15.5 Å². The van der Waals surface area contributed by atoms with E-state index in [1.54, 1.807) is 13.0 Å². The largest absolute Gasteiger partial charge is 0.506 e. The van der Waals surface area contributed by atoms with E-state index in [1.807, 2.05) is 0 Å². The highest BCUT2D eigenvalue weighted by molar-refractivity contribution is 6.05. The summed E-state index contributed by atoms with van der Waals surface area (Å²) >= 11 is 0. The van der Waals surface area contributed by atoms with Crippen LogP contribution >= 0.6 is 0 Å². The highest BCUT2D eigenvalue weighted by Gasteiger charge is 2.23. The lowest BCUT2D eigenvalue weighted by Crippen LogP contribution is -2.15. The Kier molecular flexibility index (Phi) is 3.75. The van der Waals surface area contributed by atoms with Crippen LogP contribution in [0.2, 0.25) is 0 Å². The number of hydrogen-bond donors (Lipinski definition) is 3. The van der Waals surface area contributed by atoms with Crippen LogP contribution in [0.5, 0.6) is 11.5 Å². The molecule has 0 aliphatic heterocycles. The van der Waals surface area contributed by atoms with Crippen molar-refractivity contribution in [3.63, 3.8) is 0 Å². The van der Waals surface area contributed by atoms with Gasteiger partial charge >= 0.3 is 0 Å². The Hall–Kier alpha value is -2.70. The van der Waals surface area contributed by atoms with Gasteiger partial charge in [0.2, 0.25) is 5.82 Å². The molecule has 0 fully saturated rings. The molecule has 2 aromatic rings. The number of hydrogen-bond acceptors (Lipinski definition) is 3. The molecule has 4 nitrogen and oxygen atoms in total. The Morgan fingerprint density at radius 2 is 1.76 bits per heavy atom. The molecule has 2 aromatic carbocycles. The molecule has 0 radical (unpaired) electrons. The molecule has 0 aromatic heterocycles. The number of phenols is 2. The van der Waals surface area contributed by atoms with E-state index in [9.17, 15) is 23.1 Å². The van der Waals surface area contributed by atoms with Crippen molar-refractivity contribution >= 4 is 11.6 Å². The van der Waals surface area contributed by atoms with Crippen LogP contribution in [0, 0.1) is 24.4 Å². The van der Waals surface area contributed by atoms with Crippen LogP contribution in [-0.2, 0) is 0 Å². The number of carbonyl (C=O) groups excluding carboxylic acids is 1. The molecule has 1 amide bonds. The van der Waals surface area contributed by atoms with E-state index in [-0.39, 0.29) is 11.4 Å². The second-order valence-corrected chi connectivity index (χ2v) is 4.36. The van der Waals surface area contributed by atoms with Gasteiger partial charge in [-0.25, -0.2) is 8.78 Å². The lowest BCUT2D eigenvalue weighted by Gasteiger charge is -2.10. The summed E-state index contributed by atoms with van der Waals surface area (Å²) in [4.78, 5) is 11.8. The first-order valence-corrected chi connectivity index (χ1v) is 5.78. The second kappa shape index (κ2) is 5.35. The van der Waals surface area contributed by atoms with E-state index in [2.05, 4.69) is 5.32 Å². The first kappa shape index (κ1) is 14.7. The van der Waals surface area contributed by atoms with Crippen molar-refractivity contribution in [2.75, 3.05) is 5.32 Å². The Morgan fingerprint density at radius 1 is 1.10 bits per heavy atom. The number of halogens is 3. The Bertz CT molecular complexity index is 732. The summed E-state index contributed by atoms with van der Waals surface area (Å²) in [5, 5.41) is 20.8. The molecule has 2 rings (SSSR count). The maximum Gasteiger partial charge on any atom is 0.258 e. The quantitative estimate of drug-likeness (QED) is 0.589. The van der Waals surface area contributed by atoms with E-state index in [0.717, 1.165) is 5.56 Å². The van der Waals surface area contributed by atoms with Gasteiger partial charge in [-0.15, -0.1) is 0 Å². The average Bonchev–Trinajstić information content (AvgIpc) is 2.43. The number of benzene rings is 2. The van der Waals surface area contributed by atoms with Crippen LogP contribution in [0.1, 0.15) is 15.9 Å². The zero-order chi connectivity index (χ0) is 15.7. The third kappa shape index (κ3) is 2.76. The van der Waals surface area contributed by atoms with Gasteiger partial charge in [-0.2, -0.15) is 4.39 Å². The number of carbonyl (C=O) groups is 1. The first-order chi connectivity index (χ1) is 9.81. The minimum Gasteiger partial charge on any atom is -0.506 e. The van der Waals surface area contributed by atoms with Gasteiger partial charge in [0.15, 0.2) is 17.4 Å². The molecule has 3 N–H and O–H groups in total. The van der Waals surface area contributed by atoms with Gasteiger partial charge in [-0.3, -0.25) is 4.79 Å². The lowest BCUT2D eigenvalue weighted by atomic mass is 10.1. The van der Waals surface area contributed by atoms with Crippen molar-refractivity contribution in [1.29, 1.82) is 0 Å². The van der Waals surface area contributed by atoms with Crippen LogP contribution in [0.15, 0.2) is 24.3 Å². The normalized spacial score (nSPS) is 10.5. The van der Waals surface area contributed by atoms with Gasteiger partial charge in [-0.1, -0.05) is 6.07 Å². The molecule has 0 aliphatic carbocycles. The van der Waals surface area contributed by atoms with Gasteiger partial charge in [0.25, 0.3) is 5.91 Å². The maximum atomic E-state index is 13.6. The highest BCUT2D eigenvalue weighted by Crippen LogP contribution is 2.28. The minimum atomic E-state index is -1.78. The molecule has 110 valence electrons. The molecular weight excluding hydrogens is 287 g/mol. The molecule has 0 aliphatic rings. The third-order valence-corrected chi connectivity index (χ3v) is 2.78. The van der Waals surface area contributed by atoms with Crippen LogP contribution in [0.4, 0.5) is 18.9 Å². The number of amides is 1. The standard InChI is InChI=1S/C14H10F3NO3/c1-6-2-3-9(10(19)4-6)18-14(21)7-5-8(15)12(17)13(20)11(7)16/h2-5,19-20H,1H3,(H,18,21). The molecule has 0 saturated heterocycles. The molecule has 0 bridgehead atoms. The summed E-state index contributed by atoms with van der Waals surface area (Å²) in [6.45, 7) is 1.71. The zero-order valence-electron chi connectivity index (χ0n) is 10.7. The number of anilines is 1. The number of phenolic OH excluding ortho intramolecular Hbond substituents is 2. The van der Waals surface area contributed by atoms with Crippen LogP contribution in [-0.4, -0.2) is 16.1 Å². The van der Waals surface area contributed by atoms with Crippen molar-refractivity contribution in [2.24, 2.45) is 0 Å². The maximum absolute atomic E-state index is 13.6. The molecule has 0 unspecified atom stereocenters. The van der Waals surface area contributed by atoms with Crippen molar-refractivity contribution in [2.45, 2.75) is 6.92 Å². The molecular formula is C14H10F3NO3. The number of aromatic hydroxyl groups is 2. The summed E-state index contributed by atoms with van der Waals surface area (Å²) in [5.41, 5.74) is -0.192. The van der Waals surface area contributed by atoms with Crippen molar-refractivity contribution in [3.05, 3.63) is 52.8 Å². The van der Waals surface area contributed by atoms with E-state index in [0.29, 0.717) is 6.07 Å². The smallest absolute Gasteiger partial charge is 0.258 e. The molecule has 21 heavy (non-hydrogen) atoms. The van der Waals surface area contributed by atoms with E-state index in [4.69, 9.17) is 5.11 Å². The molecule has 0 atom stereocenters. The van der Waals surface area contributed by atoms with E-state index in [1.165, 1.54) is 12.1 Å². The molecule has 0 spiro atoms. The topological polar surface area (TPSA) is 69.6 Å². The van der Waals surface area contributed by atoms with Gasteiger partial charge in [-0.05, 0) is 30.7 Å². The predicted molar refractivity (Wildman–Crippen MR) is 68.8 cm³/mol. The average molecular weight is 297 g/mol. The molecule has 0 saturated carbocycles. The van der Waals surface area contributed by atoms with Gasteiger partial charge in [0.1, 0.15) is 5.75 Å². The minimum absolute atomic E-state index is 0.0331. The predicted octanol–water partition coefficient (Wildman–Crippen LogP) is 3.08. The first-order valence-electron chi connectivity index (χ1n) is 5.78. The Morgan fingerprint density at radius 3 is 2.38 bits per heavy atom. The zero-order valence-corrected chi connectivity index (χ0v) is 10.7. The van der Waals surface area contributed by atoms with Gasteiger partial charge in [0.05, 0.1) is 11.3 Å². The lowest BCUT2D eigenvalue weighted by molar-refractivity contribution is 0.102. The van der Waals surface area contributed by atoms with Gasteiger partial charge in [0, 0.05) is 0 Å². The SMILES string of the molecule is Cc1ccc(NC(=O)c2cc(F)c(F)c(O)c2F)c(O)c1. The molecule has 7 heteroatoms. The Balaban J connectivity index is 2.37. The third-order valence-electron chi connectivity index (χ3n) is 2.78. The van der Waals surface area contributed by atoms with E-state index < -0.39 is 34.7 Å². The fourth-order valence-corrected chi connectivity index (χ4v) is 1.69. The van der Waals surface area contributed by atoms with Crippen molar-refractivity contribution < 1.29 is 28.2 Å². The van der Waals surface area contributed by atoms with Crippen molar-refractivity contribution in [3.8, 4) is 11.5 Å². The number of aryl methyl sites for hydroxylation is 1. The summed E-state index contributed by atoms with van der Waals surface area (Å²) in [5.74, 6) is -7.91. The van der Waals surface area contributed by atoms with Crippen LogP contribution in [0.3, 0.4) is 0 Å². The fourth-order valence-electron chi connectivity index (χ4n) is 1.69. The summed E-state index contributed by atoms with van der Waals surface area (Å²) < 4.78 is 39.6. The number of rotatable bonds is 2. The molecule has 0 heterocycles. The fraction of sp³-hybridized carbons (Fsp3) is 0.0714. The van der Waals surface area contributed by atoms with E-state index >= 15 is 0 Å². The summed E-state index contributed by atoms with van der Waals surface area (Å²) in [7, 11) is 0. The van der Waals surface area contributed by atoms with Crippen LogP contribution < -0.4 is 5.32 Å². The monoisotopic (exact) mass is 297 g/mol. The highest BCUT2D eigenvalue weighted by atomic mass is 19.2. The summed E-state index contributed by atoms with van der Waals surface area (Å²) in [6, 6.07) is 4.62. The Labute approximate surface area is 117 Å². The number of nitrogens with one attached hydrogen (secondary N) is 1. The second-order valence-electron chi connectivity index (χ2n) is 4.36. The van der Waals surface area contributed by atoms with Crippen molar-refractivity contribution in [1.82, 2.24) is 0 Å². The summed E-state index contributed by atoms with van der Waals surface area (Å²) in [6.07, 6.45) is 0.